The number of nitrogens with one attached hydrogen (secondary N) is 2. The third kappa shape index (κ3) is 4.70. The van der Waals surface area contributed by atoms with Crippen LogP contribution in [0.4, 0.5) is 4.79 Å². The van der Waals surface area contributed by atoms with Crippen LogP contribution in [0.2, 0.25) is 0 Å². The number of urea groups is 1. The van der Waals surface area contributed by atoms with E-state index in [2.05, 4.69) is 22.5 Å². The minimum absolute atomic E-state index is 0.220. The van der Waals surface area contributed by atoms with E-state index >= 15 is 0 Å². The average molecular weight is 271 g/mol. The van der Waals surface area contributed by atoms with Crippen molar-refractivity contribution in [2.45, 2.75) is 32.6 Å². The van der Waals surface area contributed by atoms with Gasteiger partial charge in [-0.25, -0.2) is 4.79 Å². The van der Waals surface area contributed by atoms with Gasteiger partial charge in [0, 0.05) is 19.6 Å². The number of aliphatic carboxylic acids is 1. The van der Waals surface area contributed by atoms with Gasteiger partial charge < -0.3 is 20.6 Å². The summed E-state index contributed by atoms with van der Waals surface area (Å²) in [7, 11) is 1.98. The zero-order valence-electron chi connectivity index (χ0n) is 11.9. The molecule has 0 bridgehead atoms. The highest BCUT2D eigenvalue weighted by Gasteiger charge is 2.41. The van der Waals surface area contributed by atoms with Crippen molar-refractivity contribution in [3.05, 3.63) is 0 Å². The van der Waals surface area contributed by atoms with Crippen LogP contribution < -0.4 is 10.6 Å². The zero-order valence-corrected chi connectivity index (χ0v) is 11.9. The second-order valence-corrected chi connectivity index (χ2v) is 5.30. The first-order valence-corrected chi connectivity index (χ1v) is 6.94. The van der Waals surface area contributed by atoms with Gasteiger partial charge in [-0.2, -0.15) is 0 Å². The van der Waals surface area contributed by atoms with Crippen LogP contribution in [0.25, 0.3) is 0 Å². The second-order valence-electron chi connectivity index (χ2n) is 5.30. The number of nitrogens with zero attached hydrogens (tertiary/aromatic N) is 1. The van der Waals surface area contributed by atoms with Gasteiger partial charge in [0.2, 0.25) is 0 Å². The number of hydrogen-bond acceptors (Lipinski definition) is 3. The summed E-state index contributed by atoms with van der Waals surface area (Å²) in [6.07, 6.45) is 3.16. The molecule has 0 aromatic carbocycles. The Morgan fingerprint density at radius 3 is 2.42 bits per heavy atom. The van der Waals surface area contributed by atoms with Crippen LogP contribution in [0.3, 0.4) is 0 Å². The quantitative estimate of drug-likeness (QED) is 0.642. The van der Waals surface area contributed by atoms with Crippen molar-refractivity contribution in [1.82, 2.24) is 15.5 Å². The number of carbonyl (C=O) groups is 2. The summed E-state index contributed by atoms with van der Waals surface area (Å²) in [6.45, 7) is 4.56. The molecule has 110 valence electrons. The van der Waals surface area contributed by atoms with Gasteiger partial charge in [-0.3, -0.25) is 4.79 Å². The molecule has 1 rings (SSSR count). The molecular weight excluding hydrogens is 246 g/mol. The molecule has 0 radical (unpaired) electrons. The van der Waals surface area contributed by atoms with Crippen LogP contribution >= 0.6 is 0 Å². The molecule has 1 aliphatic rings. The molecule has 1 saturated carbocycles. The van der Waals surface area contributed by atoms with Crippen molar-refractivity contribution in [2.24, 2.45) is 5.41 Å². The summed E-state index contributed by atoms with van der Waals surface area (Å²) >= 11 is 0. The monoisotopic (exact) mass is 271 g/mol. The Kier molecular flexibility index (Phi) is 6.08. The molecule has 2 amide bonds. The van der Waals surface area contributed by atoms with E-state index in [0.717, 1.165) is 25.9 Å². The Morgan fingerprint density at radius 1 is 1.26 bits per heavy atom. The van der Waals surface area contributed by atoms with Gasteiger partial charge in [-0.05, 0) is 26.4 Å². The third-order valence-electron chi connectivity index (χ3n) is 3.92. The molecule has 0 aromatic rings. The number of carboxylic acids is 1. The maximum Gasteiger partial charge on any atom is 0.314 e. The molecular formula is C13H25N3O3. The van der Waals surface area contributed by atoms with Gasteiger partial charge in [0.25, 0.3) is 0 Å². The molecule has 0 atom stereocenters. The molecule has 6 nitrogen and oxygen atoms in total. The molecule has 0 saturated heterocycles. The van der Waals surface area contributed by atoms with Crippen LogP contribution in [-0.2, 0) is 4.79 Å². The number of rotatable bonds is 7. The summed E-state index contributed by atoms with van der Waals surface area (Å²) in [4.78, 5) is 25.0. The van der Waals surface area contributed by atoms with Crippen LogP contribution in [0.1, 0.15) is 32.6 Å². The molecule has 1 aliphatic carbocycles. The maximum absolute atomic E-state index is 11.6. The van der Waals surface area contributed by atoms with Gasteiger partial charge in [-0.15, -0.1) is 0 Å². The highest BCUT2D eigenvalue weighted by Crippen LogP contribution is 2.37. The molecule has 0 unspecified atom stereocenters. The van der Waals surface area contributed by atoms with Gasteiger partial charge in [-0.1, -0.05) is 19.8 Å². The second kappa shape index (κ2) is 7.33. The van der Waals surface area contributed by atoms with E-state index in [4.69, 9.17) is 0 Å². The highest BCUT2D eigenvalue weighted by atomic mass is 16.4. The van der Waals surface area contributed by atoms with E-state index in [1.165, 1.54) is 0 Å². The van der Waals surface area contributed by atoms with Crippen molar-refractivity contribution >= 4 is 12.0 Å². The minimum Gasteiger partial charge on any atom is -0.481 e. The normalized spacial score (nSPS) is 17.4. The lowest BCUT2D eigenvalue weighted by Crippen LogP contribution is -2.46. The van der Waals surface area contributed by atoms with Gasteiger partial charge >= 0.3 is 12.0 Å². The molecule has 1 fully saturated rings. The summed E-state index contributed by atoms with van der Waals surface area (Å²) in [6, 6.07) is -0.281. The third-order valence-corrected chi connectivity index (χ3v) is 3.92. The molecule has 19 heavy (non-hydrogen) atoms. The Labute approximate surface area is 114 Å². The van der Waals surface area contributed by atoms with Crippen molar-refractivity contribution in [2.75, 3.05) is 33.2 Å². The first-order valence-electron chi connectivity index (χ1n) is 6.94. The fourth-order valence-corrected chi connectivity index (χ4v) is 2.35. The number of likely N-dealkylation sites (N-methyl/N-ethyl adjacent to an activating group) is 1. The highest BCUT2D eigenvalue weighted by molar-refractivity contribution is 5.78. The fraction of sp³-hybridized carbons (Fsp3) is 0.846. The molecule has 0 aromatic heterocycles. The predicted molar refractivity (Wildman–Crippen MR) is 73.1 cm³/mol. The van der Waals surface area contributed by atoms with Gasteiger partial charge in [0.15, 0.2) is 0 Å². The minimum atomic E-state index is -0.795. The molecule has 0 spiro atoms. The lowest BCUT2D eigenvalue weighted by molar-refractivity contribution is -0.148. The summed E-state index contributed by atoms with van der Waals surface area (Å²) in [5.74, 6) is -0.795. The van der Waals surface area contributed by atoms with Crippen molar-refractivity contribution < 1.29 is 14.7 Å². The smallest absolute Gasteiger partial charge is 0.314 e. The van der Waals surface area contributed by atoms with E-state index in [-0.39, 0.29) is 12.6 Å². The summed E-state index contributed by atoms with van der Waals surface area (Å²) < 4.78 is 0. The topological polar surface area (TPSA) is 81.7 Å². The molecule has 0 aliphatic heterocycles. The molecule has 6 heteroatoms. The predicted octanol–water partition coefficient (Wildman–Crippen LogP) is 0.882. The van der Waals surface area contributed by atoms with Crippen LogP contribution in [0, 0.1) is 5.41 Å². The van der Waals surface area contributed by atoms with E-state index in [1.807, 2.05) is 7.05 Å². The number of carboxylic acid groups (broad SMARTS) is 1. The Morgan fingerprint density at radius 2 is 1.89 bits per heavy atom. The lowest BCUT2D eigenvalue weighted by atomic mass is 9.86. The Balaban J connectivity index is 2.27. The summed E-state index contributed by atoms with van der Waals surface area (Å²) in [5, 5.41) is 14.7. The van der Waals surface area contributed by atoms with Gasteiger partial charge in [0.05, 0.1) is 5.41 Å². The van der Waals surface area contributed by atoms with E-state index in [1.54, 1.807) is 0 Å². The van der Waals surface area contributed by atoms with E-state index < -0.39 is 11.4 Å². The average Bonchev–Trinajstić information content (AvgIpc) is 2.86. The maximum atomic E-state index is 11.6. The van der Waals surface area contributed by atoms with E-state index in [0.29, 0.717) is 19.4 Å². The SMILES string of the molecule is CCN(C)CCNC(=O)NCC1(C(=O)O)CCCC1. The number of amides is 2. The zero-order chi connectivity index (χ0) is 14.3. The lowest BCUT2D eigenvalue weighted by Gasteiger charge is -2.24. The number of carbonyl (C=O) groups excluding carboxylic acids is 1. The van der Waals surface area contributed by atoms with Crippen molar-refractivity contribution in [3.63, 3.8) is 0 Å². The largest absolute Gasteiger partial charge is 0.481 e. The number of hydrogen-bond donors (Lipinski definition) is 3. The van der Waals surface area contributed by atoms with Gasteiger partial charge in [0.1, 0.15) is 0 Å². The van der Waals surface area contributed by atoms with Crippen LogP contribution in [-0.4, -0.2) is 55.2 Å². The standard InChI is InChI=1S/C13H25N3O3/c1-3-16(2)9-8-14-12(19)15-10-13(11(17)18)6-4-5-7-13/h3-10H2,1-2H3,(H,17,18)(H2,14,15,19). The van der Waals surface area contributed by atoms with E-state index in [9.17, 15) is 14.7 Å². The van der Waals surface area contributed by atoms with Crippen LogP contribution in [0.15, 0.2) is 0 Å². The summed E-state index contributed by atoms with van der Waals surface area (Å²) in [5.41, 5.74) is -0.752. The van der Waals surface area contributed by atoms with Crippen LogP contribution in [0.5, 0.6) is 0 Å². The molecule has 0 heterocycles. The first-order chi connectivity index (χ1) is 9.00. The fourth-order valence-electron chi connectivity index (χ4n) is 2.35. The van der Waals surface area contributed by atoms with Crippen molar-refractivity contribution in [1.29, 1.82) is 0 Å². The Hall–Kier alpha value is -1.30. The first kappa shape index (κ1) is 15.8. The van der Waals surface area contributed by atoms with Crippen molar-refractivity contribution in [3.8, 4) is 0 Å². The Bertz CT molecular complexity index is 314. The molecule has 3 N–H and O–H groups in total.